The largest absolute Gasteiger partial charge is 0.440 e. The summed E-state index contributed by atoms with van der Waals surface area (Å²) in [7, 11) is 0. The molecule has 0 aliphatic carbocycles. The van der Waals surface area contributed by atoms with E-state index < -0.39 is 0 Å². The van der Waals surface area contributed by atoms with Gasteiger partial charge in [-0.25, -0.2) is 4.98 Å². The van der Waals surface area contributed by atoms with Gasteiger partial charge in [-0.3, -0.25) is 4.79 Å². The molecule has 0 atom stereocenters. The highest BCUT2D eigenvalue weighted by molar-refractivity contribution is 5.79. The molecule has 2 heterocycles. The fourth-order valence-corrected chi connectivity index (χ4v) is 2.76. The Balaban J connectivity index is 1.85. The normalized spacial score (nSPS) is 11.3. The first-order valence-corrected chi connectivity index (χ1v) is 7.17. The molecule has 0 amide bonds. The minimum absolute atomic E-state index is 0.0362. The van der Waals surface area contributed by atoms with Crippen LogP contribution in [-0.2, 0) is 6.42 Å². The number of hydrogen-bond donors (Lipinski definition) is 1. The number of oxazole rings is 1. The van der Waals surface area contributed by atoms with Crippen LogP contribution in [0.2, 0.25) is 0 Å². The second kappa shape index (κ2) is 4.84. The molecule has 22 heavy (non-hydrogen) atoms. The highest BCUT2D eigenvalue weighted by Gasteiger charge is 2.13. The summed E-state index contributed by atoms with van der Waals surface area (Å²) in [4.78, 5) is 20.4. The van der Waals surface area contributed by atoms with Gasteiger partial charge in [0.05, 0.1) is 6.42 Å². The van der Waals surface area contributed by atoms with Gasteiger partial charge in [-0.2, -0.15) is 0 Å². The lowest BCUT2D eigenvalue weighted by molar-refractivity contribution is 0.543. The summed E-state index contributed by atoms with van der Waals surface area (Å²) in [6, 6.07) is 15.1. The first-order chi connectivity index (χ1) is 10.7. The molecule has 0 fully saturated rings. The first kappa shape index (κ1) is 12.8. The van der Waals surface area contributed by atoms with E-state index in [0.717, 1.165) is 22.3 Å². The Labute approximate surface area is 126 Å². The maximum Gasteiger partial charge on any atom is 0.200 e. The molecular weight excluding hydrogens is 276 g/mol. The number of aromatic nitrogens is 2. The molecule has 4 nitrogen and oxygen atoms in total. The van der Waals surface area contributed by atoms with Gasteiger partial charge in [0.25, 0.3) is 0 Å². The van der Waals surface area contributed by atoms with Crippen LogP contribution in [-0.4, -0.2) is 9.97 Å². The number of nitrogens with one attached hydrogen (secondary N) is 1. The van der Waals surface area contributed by atoms with Gasteiger partial charge in [-0.05, 0) is 31.2 Å². The van der Waals surface area contributed by atoms with E-state index in [0.29, 0.717) is 23.3 Å². The summed E-state index contributed by atoms with van der Waals surface area (Å²) in [5.74, 6) is 0.560. The summed E-state index contributed by atoms with van der Waals surface area (Å²) in [5.41, 5.74) is 4.00. The van der Waals surface area contributed by atoms with Gasteiger partial charge in [0.15, 0.2) is 16.9 Å². The summed E-state index contributed by atoms with van der Waals surface area (Å²) in [6.45, 7) is 1.91. The lowest BCUT2D eigenvalue weighted by Gasteiger charge is -2.06. The van der Waals surface area contributed by atoms with Crippen LogP contribution >= 0.6 is 0 Å². The molecule has 108 valence electrons. The molecule has 4 heteroatoms. The van der Waals surface area contributed by atoms with Crippen molar-refractivity contribution >= 4 is 22.0 Å². The van der Waals surface area contributed by atoms with Crippen molar-refractivity contribution in [2.45, 2.75) is 13.3 Å². The first-order valence-electron chi connectivity index (χ1n) is 7.17. The third-order valence-corrected chi connectivity index (χ3v) is 3.89. The van der Waals surface area contributed by atoms with Gasteiger partial charge in [-0.1, -0.05) is 24.3 Å². The van der Waals surface area contributed by atoms with Crippen molar-refractivity contribution in [3.05, 3.63) is 75.9 Å². The Kier molecular flexibility index (Phi) is 2.82. The lowest BCUT2D eigenvalue weighted by atomic mass is 10.1. The van der Waals surface area contributed by atoms with Crippen molar-refractivity contribution in [3.8, 4) is 0 Å². The molecule has 4 aromatic rings. The van der Waals surface area contributed by atoms with E-state index in [1.54, 1.807) is 0 Å². The van der Waals surface area contributed by atoms with Crippen molar-refractivity contribution in [2.24, 2.45) is 0 Å². The number of benzene rings is 2. The van der Waals surface area contributed by atoms with E-state index in [1.807, 2.05) is 55.5 Å². The van der Waals surface area contributed by atoms with Gasteiger partial charge in [0, 0.05) is 22.2 Å². The molecule has 0 saturated heterocycles. The fourth-order valence-electron chi connectivity index (χ4n) is 2.76. The van der Waals surface area contributed by atoms with Gasteiger partial charge < -0.3 is 9.40 Å². The van der Waals surface area contributed by atoms with Crippen LogP contribution < -0.4 is 5.43 Å². The van der Waals surface area contributed by atoms with Crippen molar-refractivity contribution in [1.29, 1.82) is 0 Å². The molecule has 0 aliphatic heterocycles. The maximum atomic E-state index is 12.7. The van der Waals surface area contributed by atoms with E-state index in [9.17, 15) is 4.79 Å². The standard InChI is InChI=1S/C18H14N2O2/c1-11-13(18(21)12-6-2-3-7-14(12)19-11)10-17-20-15-8-4-5-9-16(15)22-17/h2-9H,10H2,1H3,(H,19,21). The Morgan fingerprint density at radius 3 is 2.73 bits per heavy atom. The maximum absolute atomic E-state index is 12.7. The predicted molar refractivity (Wildman–Crippen MR) is 86.1 cm³/mol. The van der Waals surface area contributed by atoms with Crippen LogP contribution in [0, 0.1) is 6.92 Å². The predicted octanol–water partition coefficient (Wildman–Crippen LogP) is 3.57. The zero-order chi connectivity index (χ0) is 15.1. The lowest BCUT2D eigenvalue weighted by Crippen LogP contribution is -2.13. The third kappa shape index (κ3) is 2.00. The molecule has 2 aromatic heterocycles. The highest BCUT2D eigenvalue weighted by Crippen LogP contribution is 2.18. The average molecular weight is 290 g/mol. The monoisotopic (exact) mass is 290 g/mol. The summed E-state index contributed by atoms with van der Waals surface area (Å²) in [5, 5.41) is 0.694. The zero-order valence-corrected chi connectivity index (χ0v) is 12.1. The summed E-state index contributed by atoms with van der Waals surface area (Å²) in [6.07, 6.45) is 0.390. The number of hydrogen-bond acceptors (Lipinski definition) is 3. The summed E-state index contributed by atoms with van der Waals surface area (Å²) < 4.78 is 5.73. The Morgan fingerprint density at radius 1 is 1.09 bits per heavy atom. The molecular formula is C18H14N2O2. The Morgan fingerprint density at radius 2 is 1.86 bits per heavy atom. The van der Waals surface area contributed by atoms with E-state index in [4.69, 9.17) is 4.42 Å². The second-order valence-electron chi connectivity index (χ2n) is 5.36. The number of H-pyrrole nitrogens is 1. The van der Waals surface area contributed by atoms with Crippen LogP contribution in [0.4, 0.5) is 0 Å². The molecule has 0 radical (unpaired) electrons. The molecule has 2 aromatic carbocycles. The molecule has 0 spiro atoms. The van der Waals surface area contributed by atoms with Crippen molar-refractivity contribution in [2.75, 3.05) is 0 Å². The number of aryl methyl sites for hydroxylation is 1. The fraction of sp³-hybridized carbons (Fsp3) is 0.111. The van der Waals surface area contributed by atoms with E-state index in [2.05, 4.69) is 9.97 Å². The minimum atomic E-state index is 0.0362. The molecule has 0 aliphatic rings. The van der Waals surface area contributed by atoms with E-state index in [1.165, 1.54) is 0 Å². The number of aromatic amines is 1. The molecule has 1 N–H and O–H groups in total. The van der Waals surface area contributed by atoms with E-state index in [-0.39, 0.29) is 5.43 Å². The number of rotatable bonds is 2. The van der Waals surface area contributed by atoms with Crippen LogP contribution in [0.15, 0.2) is 57.7 Å². The van der Waals surface area contributed by atoms with Crippen LogP contribution in [0.1, 0.15) is 17.1 Å². The topological polar surface area (TPSA) is 58.9 Å². The second-order valence-corrected chi connectivity index (χ2v) is 5.36. The van der Waals surface area contributed by atoms with Gasteiger partial charge in [0.2, 0.25) is 0 Å². The average Bonchev–Trinajstić information content (AvgIpc) is 2.94. The van der Waals surface area contributed by atoms with Crippen LogP contribution in [0.3, 0.4) is 0 Å². The smallest absolute Gasteiger partial charge is 0.200 e. The number of fused-ring (bicyclic) bond motifs is 2. The van der Waals surface area contributed by atoms with Crippen molar-refractivity contribution in [1.82, 2.24) is 9.97 Å². The minimum Gasteiger partial charge on any atom is -0.440 e. The Bertz CT molecular complexity index is 1010. The van der Waals surface area contributed by atoms with Crippen molar-refractivity contribution < 1.29 is 4.42 Å². The number of pyridine rings is 1. The Hall–Kier alpha value is -2.88. The van der Waals surface area contributed by atoms with Crippen LogP contribution in [0.25, 0.3) is 22.0 Å². The zero-order valence-electron chi connectivity index (χ0n) is 12.1. The molecule has 0 bridgehead atoms. The van der Waals surface area contributed by atoms with Crippen molar-refractivity contribution in [3.63, 3.8) is 0 Å². The van der Waals surface area contributed by atoms with Gasteiger partial charge in [0.1, 0.15) is 5.52 Å². The molecule has 4 rings (SSSR count). The van der Waals surface area contributed by atoms with E-state index >= 15 is 0 Å². The van der Waals surface area contributed by atoms with Gasteiger partial charge >= 0.3 is 0 Å². The van der Waals surface area contributed by atoms with Crippen LogP contribution in [0.5, 0.6) is 0 Å². The third-order valence-electron chi connectivity index (χ3n) is 3.89. The van der Waals surface area contributed by atoms with Gasteiger partial charge in [-0.15, -0.1) is 0 Å². The highest BCUT2D eigenvalue weighted by atomic mass is 16.3. The number of nitrogens with zero attached hydrogens (tertiary/aromatic N) is 1. The SMILES string of the molecule is Cc1[nH]c2ccccc2c(=O)c1Cc1nc2ccccc2o1. The number of para-hydroxylation sites is 3. The quantitative estimate of drug-likeness (QED) is 0.614. The molecule has 0 saturated carbocycles. The molecule has 0 unspecified atom stereocenters. The summed E-state index contributed by atoms with van der Waals surface area (Å²) >= 11 is 0.